The summed E-state index contributed by atoms with van der Waals surface area (Å²) < 4.78 is 32.9. The molecule has 0 saturated carbocycles. The van der Waals surface area contributed by atoms with Crippen LogP contribution in [-0.2, 0) is 4.74 Å². The van der Waals surface area contributed by atoms with Gasteiger partial charge in [-0.1, -0.05) is 0 Å². The van der Waals surface area contributed by atoms with Gasteiger partial charge in [0.05, 0.1) is 12.2 Å². The molecule has 0 aromatic heterocycles. The fourth-order valence-electron chi connectivity index (χ4n) is 1.23. The number of nitrogens with zero attached hydrogens (tertiary/aromatic N) is 1. The lowest BCUT2D eigenvalue weighted by molar-refractivity contribution is -0.0502. The number of phenolic OH excluding ortho intramolecular Hbond substituents is 1. The van der Waals surface area contributed by atoms with Crippen molar-refractivity contribution in [3.05, 3.63) is 23.3 Å². The fourth-order valence-corrected chi connectivity index (χ4v) is 1.23. The second-order valence-electron chi connectivity index (χ2n) is 3.08. The molecule has 0 bridgehead atoms. The number of hydrogen-bond donors (Lipinski definition) is 1. The normalized spacial score (nSPS) is 9.94. The van der Waals surface area contributed by atoms with Crippen LogP contribution < -0.4 is 4.74 Å². The molecule has 1 rings (SSSR count). The number of phenols is 1. The Hall–Kier alpha value is -2.36. The molecule has 1 aromatic carbocycles. The minimum atomic E-state index is -3.17. The third-order valence-corrected chi connectivity index (χ3v) is 1.92. The Morgan fingerprint density at radius 3 is 2.72 bits per heavy atom. The molecular weight excluding hydrogens is 248 g/mol. The molecule has 96 valence electrons. The molecule has 1 aromatic rings. The molecule has 0 aliphatic carbocycles. The van der Waals surface area contributed by atoms with E-state index >= 15 is 0 Å². The Balaban J connectivity index is 3.22. The van der Waals surface area contributed by atoms with E-state index in [2.05, 4.69) is 9.47 Å². The van der Waals surface area contributed by atoms with Crippen LogP contribution in [0, 0.1) is 11.3 Å². The smallest absolute Gasteiger partial charge is 0.387 e. The van der Waals surface area contributed by atoms with Crippen LogP contribution in [0.5, 0.6) is 11.5 Å². The maximum absolute atomic E-state index is 12.1. The zero-order valence-corrected chi connectivity index (χ0v) is 9.31. The standard InChI is InChI=1S/C11H9F2NO4/c1-2-17-10(16)6-3-8(15)7(5-14)9(4-6)18-11(12)13/h3-4,11,15H,2H2,1H3. The van der Waals surface area contributed by atoms with Gasteiger partial charge in [-0.3, -0.25) is 0 Å². The number of carbonyl (C=O) groups is 1. The van der Waals surface area contributed by atoms with Crippen molar-refractivity contribution in [3.8, 4) is 17.6 Å². The third kappa shape index (κ3) is 3.07. The monoisotopic (exact) mass is 257 g/mol. The number of ether oxygens (including phenoxy) is 2. The summed E-state index contributed by atoms with van der Waals surface area (Å²) in [4.78, 5) is 11.4. The van der Waals surface area contributed by atoms with E-state index in [1.54, 1.807) is 6.92 Å². The molecule has 0 saturated heterocycles. The number of alkyl halides is 2. The molecule has 18 heavy (non-hydrogen) atoms. The Morgan fingerprint density at radius 2 is 2.22 bits per heavy atom. The van der Waals surface area contributed by atoms with E-state index in [0.717, 1.165) is 12.1 Å². The van der Waals surface area contributed by atoms with Gasteiger partial charge in [0.1, 0.15) is 23.1 Å². The number of rotatable bonds is 4. The van der Waals surface area contributed by atoms with Gasteiger partial charge >= 0.3 is 12.6 Å². The molecule has 0 amide bonds. The van der Waals surface area contributed by atoms with Gasteiger partial charge in [0, 0.05) is 0 Å². The lowest BCUT2D eigenvalue weighted by Crippen LogP contribution is -2.08. The maximum atomic E-state index is 12.1. The Morgan fingerprint density at radius 1 is 1.56 bits per heavy atom. The van der Waals surface area contributed by atoms with E-state index in [1.807, 2.05) is 0 Å². The zero-order chi connectivity index (χ0) is 13.7. The first-order chi connectivity index (χ1) is 8.49. The largest absolute Gasteiger partial charge is 0.506 e. The molecule has 0 fully saturated rings. The maximum Gasteiger partial charge on any atom is 0.387 e. The average molecular weight is 257 g/mol. The summed E-state index contributed by atoms with van der Waals surface area (Å²) in [6.07, 6.45) is 0. The molecule has 0 unspecified atom stereocenters. The molecular formula is C11H9F2NO4. The summed E-state index contributed by atoms with van der Waals surface area (Å²) in [5.74, 6) is -2.01. The summed E-state index contributed by atoms with van der Waals surface area (Å²) >= 11 is 0. The van der Waals surface area contributed by atoms with E-state index in [1.165, 1.54) is 6.07 Å². The van der Waals surface area contributed by atoms with Crippen molar-refractivity contribution in [2.75, 3.05) is 6.61 Å². The van der Waals surface area contributed by atoms with Crippen molar-refractivity contribution < 1.29 is 28.2 Å². The second kappa shape index (κ2) is 5.82. The van der Waals surface area contributed by atoms with Crippen molar-refractivity contribution in [1.82, 2.24) is 0 Å². The van der Waals surface area contributed by atoms with Crippen LogP contribution in [0.2, 0.25) is 0 Å². The summed E-state index contributed by atoms with van der Waals surface area (Å²) in [5, 5.41) is 18.1. The number of benzene rings is 1. The molecule has 0 aliphatic heterocycles. The topological polar surface area (TPSA) is 79.5 Å². The first-order valence-corrected chi connectivity index (χ1v) is 4.88. The summed E-state index contributed by atoms with van der Waals surface area (Å²) in [5.41, 5.74) is -0.646. The van der Waals surface area contributed by atoms with E-state index in [-0.39, 0.29) is 12.2 Å². The van der Waals surface area contributed by atoms with E-state index < -0.39 is 29.6 Å². The SMILES string of the molecule is CCOC(=O)c1cc(O)c(C#N)c(OC(F)F)c1. The Labute approximate surface area is 101 Å². The molecule has 0 aliphatic rings. The number of aromatic hydroxyl groups is 1. The van der Waals surface area contributed by atoms with Gasteiger partial charge in [-0.2, -0.15) is 14.0 Å². The Kier molecular flexibility index (Phi) is 4.43. The molecule has 0 spiro atoms. The highest BCUT2D eigenvalue weighted by atomic mass is 19.3. The number of esters is 1. The highest BCUT2D eigenvalue weighted by Crippen LogP contribution is 2.30. The quantitative estimate of drug-likeness (QED) is 0.835. The van der Waals surface area contributed by atoms with E-state index in [9.17, 15) is 18.7 Å². The lowest BCUT2D eigenvalue weighted by atomic mass is 10.1. The van der Waals surface area contributed by atoms with Gasteiger partial charge < -0.3 is 14.6 Å². The third-order valence-electron chi connectivity index (χ3n) is 1.92. The van der Waals surface area contributed by atoms with Crippen LogP contribution in [0.3, 0.4) is 0 Å². The van der Waals surface area contributed by atoms with Gasteiger partial charge in [0.25, 0.3) is 0 Å². The summed E-state index contributed by atoms with van der Waals surface area (Å²) in [6.45, 7) is -1.52. The first kappa shape index (κ1) is 13.7. The number of halogens is 2. The first-order valence-electron chi connectivity index (χ1n) is 4.88. The van der Waals surface area contributed by atoms with Gasteiger partial charge in [-0.25, -0.2) is 4.79 Å². The second-order valence-corrected chi connectivity index (χ2v) is 3.08. The van der Waals surface area contributed by atoms with E-state index in [0.29, 0.717) is 0 Å². The number of nitriles is 1. The van der Waals surface area contributed by atoms with Gasteiger partial charge in [0.2, 0.25) is 0 Å². The highest BCUT2D eigenvalue weighted by molar-refractivity contribution is 5.91. The van der Waals surface area contributed by atoms with Gasteiger partial charge in [0.15, 0.2) is 0 Å². The fraction of sp³-hybridized carbons (Fsp3) is 0.273. The lowest BCUT2D eigenvalue weighted by Gasteiger charge is -2.10. The zero-order valence-electron chi connectivity index (χ0n) is 9.31. The predicted molar refractivity (Wildman–Crippen MR) is 55.4 cm³/mol. The molecule has 0 heterocycles. The van der Waals surface area contributed by atoms with Crippen LogP contribution in [0.1, 0.15) is 22.8 Å². The minimum absolute atomic E-state index is 0.0879. The van der Waals surface area contributed by atoms with Gasteiger partial charge in [-0.15, -0.1) is 0 Å². The van der Waals surface area contributed by atoms with Crippen LogP contribution in [0.4, 0.5) is 8.78 Å². The van der Waals surface area contributed by atoms with Crippen LogP contribution in [0.25, 0.3) is 0 Å². The van der Waals surface area contributed by atoms with Crippen LogP contribution in [0.15, 0.2) is 12.1 Å². The molecule has 5 nitrogen and oxygen atoms in total. The van der Waals surface area contributed by atoms with E-state index in [4.69, 9.17) is 5.26 Å². The number of carbonyl (C=O) groups excluding carboxylic acids is 1. The van der Waals surface area contributed by atoms with Crippen molar-refractivity contribution >= 4 is 5.97 Å². The predicted octanol–water partition coefficient (Wildman–Crippen LogP) is 2.04. The molecule has 0 atom stereocenters. The van der Waals surface area contributed by atoms with Crippen molar-refractivity contribution in [1.29, 1.82) is 5.26 Å². The highest BCUT2D eigenvalue weighted by Gasteiger charge is 2.18. The average Bonchev–Trinajstić information content (AvgIpc) is 2.28. The summed E-state index contributed by atoms with van der Waals surface area (Å²) in [7, 11) is 0. The van der Waals surface area contributed by atoms with Crippen molar-refractivity contribution in [3.63, 3.8) is 0 Å². The molecule has 0 radical (unpaired) electrons. The molecule has 7 heteroatoms. The minimum Gasteiger partial charge on any atom is -0.506 e. The van der Waals surface area contributed by atoms with Crippen LogP contribution >= 0.6 is 0 Å². The van der Waals surface area contributed by atoms with Crippen molar-refractivity contribution in [2.45, 2.75) is 13.5 Å². The van der Waals surface area contributed by atoms with Crippen molar-refractivity contribution in [2.24, 2.45) is 0 Å². The van der Waals surface area contributed by atoms with Gasteiger partial charge in [-0.05, 0) is 19.1 Å². The number of hydrogen-bond acceptors (Lipinski definition) is 5. The summed E-state index contributed by atoms with van der Waals surface area (Å²) in [6, 6.07) is 3.38. The Bertz CT molecular complexity index is 497. The molecule has 1 N–H and O–H groups in total. The van der Waals surface area contributed by atoms with Crippen LogP contribution in [-0.4, -0.2) is 24.3 Å².